The van der Waals surface area contributed by atoms with E-state index in [4.69, 9.17) is 15.9 Å². The molecule has 1 fully saturated rings. The number of rotatable bonds is 6. The molecule has 3 rings (SSSR count). The Hall–Kier alpha value is -2.99. The first kappa shape index (κ1) is 18.8. The van der Waals surface area contributed by atoms with E-state index >= 15 is 0 Å². The molecule has 2 aromatic rings. The average molecular weight is 369 g/mol. The molecule has 1 amide bonds. The minimum atomic E-state index is -0.635. The van der Waals surface area contributed by atoms with Gasteiger partial charge in [-0.2, -0.15) is 4.98 Å². The number of benzene rings is 1. The third-order valence-corrected chi connectivity index (χ3v) is 4.16. The van der Waals surface area contributed by atoms with E-state index in [0.717, 1.165) is 0 Å². The van der Waals surface area contributed by atoms with Gasteiger partial charge in [-0.15, -0.1) is 6.42 Å². The van der Waals surface area contributed by atoms with Gasteiger partial charge in [-0.25, -0.2) is 4.79 Å². The Balaban J connectivity index is 1.71. The second-order valence-electron chi connectivity index (χ2n) is 5.92. The maximum absolute atomic E-state index is 12.3. The van der Waals surface area contributed by atoms with Crippen LogP contribution in [0.1, 0.15) is 23.0 Å². The quantitative estimate of drug-likeness (QED) is 0.730. The average Bonchev–Trinajstić information content (AvgIpc) is 3.10. The van der Waals surface area contributed by atoms with Gasteiger partial charge in [0, 0.05) is 18.2 Å². The van der Waals surface area contributed by atoms with E-state index < -0.39 is 24.1 Å². The number of nitrogens with one attached hydrogen (secondary N) is 1. The third-order valence-electron chi connectivity index (χ3n) is 4.16. The number of terminal acetylenes is 1. The molecule has 8 nitrogen and oxygen atoms in total. The van der Waals surface area contributed by atoms with Crippen LogP contribution in [-0.2, 0) is 9.47 Å². The zero-order valence-corrected chi connectivity index (χ0v) is 14.4. The van der Waals surface area contributed by atoms with Crippen molar-refractivity contribution in [3.05, 3.63) is 58.6 Å². The topological polar surface area (TPSA) is 103 Å². The second-order valence-corrected chi connectivity index (χ2v) is 5.92. The molecule has 0 saturated carbocycles. The van der Waals surface area contributed by atoms with Crippen LogP contribution in [0.2, 0.25) is 0 Å². The zero-order chi connectivity index (χ0) is 19.2. The van der Waals surface area contributed by atoms with Crippen molar-refractivity contribution in [1.82, 2.24) is 9.55 Å². The minimum absolute atomic E-state index is 0.0921. The molecule has 2 N–H and O–H groups in total. The molecule has 0 unspecified atom stereocenters. The van der Waals surface area contributed by atoms with Crippen molar-refractivity contribution in [1.29, 1.82) is 0 Å². The summed E-state index contributed by atoms with van der Waals surface area (Å²) in [5, 5.41) is 12.0. The number of aliphatic hydroxyl groups excluding tert-OH is 1. The maximum atomic E-state index is 12.3. The van der Waals surface area contributed by atoms with Gasteiger partial charge < -0.3 is 19.9 Å². The lowest BCUT2D eigenvalue weighted by atomic mass is 10.2. The predicted molar refractivity (Wildman–Crippen MR) is 97.1 cm³/mol. The highest BCUT2D eigenvalue weighted by Crippen LogP contribution is 2.29. The van der Waals surface area contributed by atoms with Crippen molar-refractivity contribution in [2.24, 2.45) is 0 Å². The molecular weight excluding hydrogens is 350 g/mol. The Morgan fingerprint density at radius 2 is 2.19 bits per heavy atom. The smallest absolute Gasteiger partial charge is 0.351 e. The van der Waals surface area contributed by atoms with Gasteiger partial charge in [0.15, 0.2) is 0 Å². The Kier molecular flexibility index (Phi) is 5.98. The van der Waals surface area contributed by atoms with Crippen molar-refractivity contribution in [3.63, 3.8) is 0 Å². The lowest BCUT2D eigenvalue weighted by molar-refractivity contribution is -0.0575. The van der Waals surface area contributed by atoms with Crippen molar-refractivity contribution in [2.45, 2.75) is 24.9 Å². The molecule has 0 spiro atoms. The first-order chi connectivity index (χ1) is 13.1. The van der Waals surface area contributed by atoms with E-state index in [1.165, 1.54) is 16.8 Å². The van der Waals surface area contributed by atoms with Crippen LogP contribution in [0.4, 0.5) is 5.82 Å². The van der Waals surface area contributed by atoms with Gasteiger partial charge >= 0.3 is 5.69 Å². The third kappa shape index (κ3) is 4.41. The Morgan fingerprint density at radius 3 is 2.85 bits per heavy atom. The molecule has 1 aromatic carbocycles. The number of hydrogen-bond acceptors (Lipinski definition) is 6. The van der Waals surface area contributed by atoms with Crippen LogP contribution in [0, 0.1) is 12.3 Å². The van der Waals surface area contributed by atoms with Crippen LogP contribution in [0.25, 0.3) is 0 Å². The number of carbonyl (C=O) groups is 1. The van der Waals surface area contributed by atoms with E-state index in [9.17, 15) is 14.7 Å². The van der Waals surface area contributed by atoms with Crippen LogP contribution >= 0.6 is 0 Å². The van der Waals surface area contributed by atoms with E-state index in [-0.39, 0.29) is 24.9 Å². The Bertz CT molecular complexity index is 890. The van der Waals surface area contributed by atoms with Gasteiger partial charge in [0.25, 0.3) is 5.91 Å². The lowest BCUT2D eigenvalue weighted by Gasteiger charge is -2.15. The molecule has 1 aromatic heterocycles. The normalized spacial score (nSPS) is 21.6. The Morgan fingerprint density at radius 1 is 1.41 bits per heavy atom. The molecule has 0 radical (unpaired) electrons. The molecule has 8 heteroatoms. The highest BCUT2D eigenvalue weighted by molar-refractivity contribution is 6.03. The summed E-state index contributed by atoms with van der Waals surface area (Å²) in [4.78, 5) is 28.4. The number of amides is 1. The first-order valence-corrected chi connectivity index (χ1v) is 8.39. The van der Waals surface area contributed by atoms with Gasteiger partial charge in [-0.1, -0.05) is 24.1 Å². The molecule has 1 aliphatic heterocycles. The van der Waals surface area contributed by atoms with Gasteiger partial charge in [0.1, 0.15) is 24.8 Å². The van der Waals surface area contributed by atoms with Crippen LogP contribution in [0.3, 0.4) is 0 Å². The van der Waals surface area contributed by atoms with Gasteiger partial charge in [-0.3, -0.25) is 9.36 Å². The fourth-order valence-corrected chi connectivity index (χ4v) is 2.85. The molecule has 3 atom stereocenters. The number of aliphatic hydroxyl groups is 1. The van der Waals surface area contributed by atoms with Crippen molar-refractivity contribution >= 4 is 11.7 Å². The van der Waals surface area contributed by atoms with Crippen molar-refractivity contribution in [2.75, 3.05) is 18.5 Å². The van der Waals surface area contributed by atoms with Gasteiger partial charge in [0.05, 0.1) is 12.7 Å². The fourth-order valence-electron chi connectivity index (χ4n) is 2.85. The van der Waals surface area contributed by atoms with E-state index in [2.05, 4.69) is 16.2 Å². The molecule has 27 heavy (non-hydrogen) atoms. The SMILES string of the molecule is C#CCO[C@@H]1C[C@H](n2ccc(NC(=O)c3ccccc3)nc2=O)O[C@@H]1CO. The van der Waals surface area contributed by atoms with Crippen LogP contribution in [0.5, 0.6) is 0 Å². The summed E-state index contributed by atoms with van der Waals surface area (Å²) in [7, 11) is 0. The predicted octanol–water partition coefficient (Wildman–Crippen LogP) is 0.794. The summed E-state index contributed by atoms with van der Waals surface area (Å²) < 4.78 is 12.4. The number of hydrogen-bond donors (Lipinski definition) is 2. The maximum Gasteiger partial charge on any atom is 0.351 e. The number of nitrogens with zero attached hydrogens (tertiary/aromatic N) is 2. The molecule has 0 aliphatic carbocycles. The van der Waals surface area contributed by atoms with Crippen LogP contribution in [-0.4, -0.2) is 46.0 Å². The molecular formula is C19H19N3O5. The van der Waals surface area contributed by atoms with E-state index in [0.29, 0.717) is 12.0 Å². The van der Waals surface area contributed by atoms with E-state index in [1.54, 1.807) is 30.3 Å². The highest BCUT2D eigenvalue weighted by Gasteiger charge is 2.37. The standard InChI is InChI=1S/C19H19N3O5/c1-2-10-26-14-11-17(27-15(14)12-23)22-9-8-16(21-19(22)25)20-18(24)13-6-4-3-5-7-13/h1,3-9,14-15,17,23H,10-12H2,(H,20,21,24,25)/t14-,15-,17-/m1/s1. The fraction of sp³-hybridized carbons (Fsp3) is 0.316. The number of anilines is 1. The summed E-state index contributed by atoms with van der Waals surface area (Å²) in [5.74, 6) is 2.14. The molecule has 1 aliphatic rings. The Labute approximate surface area is 155 Å². The molecule has 2 heterocycles. The summed E-state index contributed by atoms with van der Waals surface area (Å²) in [6.07, 6.45) is 5.39. The summed E-state index contributed by atoms with van der Waals surface area (Å²) >= 11 is 0. The number of ether oxygens (including phenoxy) is 2. The van der Waals surface area contributed by atoms with Crippen molar-refractivity contribution < 1.29 is 19.4 Å². The largest absolute Gasteiger partial charge is 0.394 e. The van der Waals surface area contributed by atoms with Crippen molar-refractivity contribution in [3.8, 4) is 12.3 Å². The zero-order valence-electron chi connectivity index (χ0n) is 14.4. The lowest BCUT2D eigenvalue weighted by Crippen LogP contribution is -2.29. The highest BCUT2D eigenvalue weighted by atomic mass is 16.6. The minimum Gasteiger partial charge on any atom is -0.394 e. The summed E-state index contributed by atoms with van der Waals surface area (Å²) in [5.41, 5.74) is -0.123. The molecule has 140 valence electrons. The van der Waals surface area contributed by atoms with E-state index in [1.807, 2.05) is 0 Å². The van der Waals surface area contributed by atoms with Crippen LogP contribution < -0.4 is 11.0 Å². The molecule has 0 bridgehead atoms. The van der Waals surface area contributed by atoms with Crippen LogP contribution in [0.15, 0.2) is 47.4 Å². The van der Waals surface area contributed by atoms with Gasteiger partial charge in [-0.05, 0) is 18.2 Å². The summed E-state index contributed by atoms with van der Waals surface area (Å²) in [6, 6.07) is 10.1. The van der Waals surface area contributed by atoms with Gasteiger partial charge in [0.2, 0.25) is 0 Å². The second kappa shape index (κ2) is 8.60. The monoisotopic (exact) mass is 369 g/mol. The first-order valence-electron chi connectivity index (χ1n) is 8.39. The summed E-state index contributed by atoms with van der Waals surface area (Å²) in [6.45, 7) is -0.159. The molecule has 1 saturated heterocycles. The number of aromatic nitrogens is 2. The number of carbonyl (C=O) groups excluding carboxylic acids is 1.